The highest BCUT2D eigenvalue weighted by atomic mass is 15.0. The zero-order valence-corrected chi connectivity index (χ0v) is 13.9. The van der Waals surface area contributed by atoms with Crippen molar-refractivity contribution in [3.05, 3.63) is 114 Å². The lowest BCUT2D eigenvalue weighted by Gasteiger charge is -2.09. The number of nitrogens with zero attached hydrogens (tertiary/aromatic N) is 1. The Morgan fingerprint density at radius 2 is 1.12 bits per heavy atom. The van der Waals surface area contributed by atoms with Crippen molar-refractivity contribution in [3.63, 3.8) is 0 Å². The maximum absolute atomic E-state index is 2.25. The van der Waals surface area contributed by atoms with Gasteiger partial charge in [-0.1, -0.05) is 91.0 Å². The van der Waals surface area contributed by atoms with E-state index in [1.165, 1.54) is 28.1 Å². The molecule has 25 heavy (non-hydrogen) atoms. The van der Waals surface area contributed by atoms with Crippen LogP contribution in [0.3, 0.4) is 0 Å². The summed E-state index contributed by atoms with van der Waals surface area (Å²) in [6.45, 7) is 0. The van der Waals surface area contributed by atoms with Crippen molar-refractivity contribution in [2.45, 2.75) is 0 Å². The fourth-order valence-electron chi connectivity index (χ4n) is 2.96. The van der Waals surface area contributed by atoms with Gasteiger partial charge in [-0.05, 0) is 34.9 Å². The van der Waals surface area contributed by atoms with Gasteiger partial charge in [0.1, 0.15) is 0 Å². The van der Waals surface area contributed by atoms with Gasteiger partial charge in [0.15, 0.2) is 0 Å². The molecule has 3 aromatic carbocycles. The lowest BCUT2D eigenvalue weighted by molar-refractivity contribution is 1.09. The van der Waals surface area contributed by atoms with Crippen molar-refractivity contribution < 1.29 is 0 Å². The molecule has 1 nitrogen and oxygen atoms in total. The molecule has 0 fully saturated rings. The minimum atomic E-state index is 1.17. The lowest BCUT2D eigenvalue weighted by Crippen LogP contribution is -1.94. The molecule has 0 unspecified atom stereocenters. The van der Waals surface area contributed by atoms with Crippen LogP contribution in [-0.2, 0) is 0 Å². The molecule has 0 saturated carbocycles. The number of para-hydroxylation sites is 1. The van der Waals surface area contributed by atoms with E-state index in [-0.39, 0.29) is 0 Å². The molecule has 1 aromatic heterocycles. The molecule has 4 aromatic rings. The Morgan fingerprint density at radius 1 is 0.560 bits per heavy atom. The maximum Gasteiger partial charge on any atom is 0.0534 e. The molecule has 1 heterocycles. The van der Waals surface area contributed by atoms with Crippen LogP contribution in [0, 0.1) is 0 Å². The van der Waals surface area contributed by atoms with Crippen molar-refractivity contribution in [1.29, 1.82) is 0 Å². The monoisotopic (exact) mass is 321 g/mol. The summed E-state index contributed by atoms with van der Waals surface area (Å²) < 4.78 is 2.25. The van der Waals surface area contributed by atoms with Crippen LogP contribution >= 0.6 is 0 Å². The lowest BCUT2D eigenvalue weighted by atomic mass is 10.1. The van der Waals surface area contributed by atoms with Crippen LogP contribution in [0.5, 0.6) is 0 Å². The number of hydrogen-bond donors (Lipinski definition) is 0. The van der Waals surface area contributed by atoms with Crippen molar-refractivity contribution >= 4 is 12.2 Å². The molecule has 120 valence electrons. The molecule has 0 radical (unpaired) electrons. The molecule has 0 aliphatic carbocycles. The minimum absolute atomic E-state index is 1.17. The van der Waals surface area contributed by atoms with Crippen LogP contribution in [0.15, 0.2) is 103 Å². The highest BCUT2D eigenvalue weighted by Crippen LogP contribution is 2.27. The molecule has 0 aliphatic heterocycles. The summed E-state index contributed by atoms with van der Waals surface area (Å²) >= 11 is 0. The van der Waals surface area contributed by atoms with E-state index in [4.69, 9.17) is 0 Å². The van der Waals surface area contributed by atoms with Gasteiger partial charge in [-0.2, -0.15) is 0 Å². The highest BCUT2D eigenvalue weighted by Gasteiger charge is 2.08. The van der Waals surface area contributed by atoms with Crippen molar-refractivity contribution in [3.8, 4) is 16.9 Å². The number of rotatable bonds is 4. The van der Waals surface area contributed by atoms with Crippen LogP contribution in [-0.4, -0.2) is 4.57 Å². The first-order chi connectivity index (χ1) is 12.4. The van der Waals surface area contributed by atoms with Gasteiger partial charge >= 0.3 is 0 Å². The van der Waals surface area contributed by atoms with Gasteiger partial charge in [0.05, 0.1) is 5.69 Å². The van der Waals surface area contributed by atoms with Crippen LogP contribution in [0.4, 0.5) is 0 Å². The summed E-state index contributed by atoms with van der Waals surface area (Å²) in [7, 11) is 0. The summed E-state index contributed by atoms with van der Waals surface area (Å²) in [4.78, 5) is 0. The van der Waals surface area contributed by atoms with E-state index >= 15 is 0 Å². The summed E-state index contributed by atoms with van der Waals surface area (Å²) in [5, 5.41) is 0. The zero-order chi connectivity index (χ0) is 16.9. The van der Waals surface area contributed by atoms with Crippen LogP contribution in [0.2, 0.25) is 0 Å². The SMILES string of the molecule is C(=C\c1cc(-c2ccccc2)n(-c2ccccc2)c1)/c1ccccc1. The van der Waals surface area contributed by atoms with E-state index in [2.05, 4.69) is 108 Å². The maximum atomic E-state index is 2.25. The average molecular weight is 321 g/mol. The Morgan fingerprint density at radius 3 is 1.80 bits per heavy atom. The fourth-order valence-corrected chi connectivity index (χ4v) is 2.96. The van der Waals surface area contributed by atoms with Crippen LogP contribution < -0.4 is 0 Å². The highest BCUT2D eigenvalue weighted by molar-refractivity contribution is 5.74. The summed E-state index contributed by atoms with van der Waals surface area (Å²) in [5.41, 5.74) is 5.97. The first-order valence-electron chi connectivity index (χ1n) is 8.46. The molecule has 0 spiro atoms. The minimum Gasteiger partial charge on any atom is -0.316 e. The quantitative estimate of drug-likeness (QED) is 0.415. The second kappa shape index (κ2) is 7.06. The third kappa shape index (κ3) is 3.46. The molecule has 4 rings (SSSR count). The Hall–Kier alpha value is -3.32. The van der Waals surface area contributed by atoms with Crippen molar-refractivity contribution in [2.24, 2.45) is 0 Å². The van der Waals surface area contributed by atoms with Crippen LogP contribution in [0.25, 0.3) is 29.1 Å². The fraction of sp³-hybridized carbons (Fsp3) is 0. The Balaban J connectivity index is 1.77. The van der Waals surface area contributed by atoms with E-state index in [0.717, 1.165) is 0 Å². The molecule has 0 bridgehead atoms. The second-order valence-corrected chi connectivity index (χ2v) is 5.97. The van der Waals surface area contributed by atoms with Gasteiger partial charge in [-0.25, -0.2) is 0 Å². The van der Waals surface area contributed by atoms with Gasteiger partial charge in [0.2, 0.25) is 0 Å². The van der Waals surface area contributed by atoms with E-state index in [9.17, 15) is 0 Å². The van der Waals surface area contributed by atoms with Gasteiger partial charge in [-0.15, -0.1) is 0 Å². The molecular weight excluding hydrogens is 302 g/mol. The molecular formula is C24H19N. The number of aromatic nitrogens is 1. The average Bonchev–Trinajstić information content (AvgIpc) is 3.13. The molecule has 0 saturated heterocycles. The van der Waals surface area contributed by atoms with E-state index in [0.29, 0.717) is 0 Å². The normalized spacial score (nSPS) is 11.0. The smallest absolute Gasteiger partial charge is 0.0534 e. The summed E-state index contributed by atoms with van der Waals surface area (Å²) in [6.07, 6.45) is 6.51. The summed E-state index contributed by atoms with van der Waals surface area (Å²) in [6, 6.07) is 33.6. The molecule has 0 aliphatic rings. The first kappa shape index (κ1) is 15.2. The molecule has 1 heteroatoms. The Kier molecular flexibility index (Phi) is 4.30. The Bertz CT molecular complexity index is 908. The van der Waals surface area contributed by atoms with E-state index in [1.54, 1.807) is 0 Å². The van der Waals surface area contributed by atoms with Crippen LogP contribution in [0.1, 0.15) is 11.1 Å². The van der Waals surface area contributed by atoms with Gasteiger partial charge < -0.3 is 4.57 Å². The van der Waals surface area contributed by atoms with E-state index in [1.807, 2.05) is 12.1 Å². The standard InChI is InChI=1S/C24H19N/c1-4-10-20(11-5-1)16-17-21-18-24(22-12-6-2-7-13-22)25(19-21)23-14-8-3-9-15-23/h1-19H/b17-16+. The predicted molar refractivity (Wildman–Crippen MR) is 107 cm³/mol. The van der Waals surface area contributed by atoms with Gasteiger partial charge in [-0.3, -0.25) is 0 Å². The third-order valence-electron chi connectivity index (χ3n) is 4.21. The second-order valence-electron chi connectivity index (χ2n) is 5.97. The van der Waals surface area contributed by atoms with Crippen molar-refractivity contribution in [1.82, 2.24) is 4.57 Å². The summed E-state index contributed by atoms with van der Waals surface area (Å²) in [5.74, 6) is 0. The number of benzene rings is 3. The molecule has 0 atom stereocenters. The largest absolute Gasteiger partial charge is 0.316 e. The first-order valence-corrected chi connectivity index (χ1v) is 8.46. The van der Waals surface area contributed by atoms with E-state index < -0.39 is 0 Å². The predicted octanol–water partition coefficient (Wildman–Crippen LogP) is 6.31. The third-order valence-corrected chi connectivity index (χ3v) is 4.21. The van der Waals surface area contributed by atoms with Crippen molar-refractivity contribution in [2.75, 3.05) is 0 Å². The topological polar surface area (TPSA) is 4.93 Å². The number of hydrogen-bond acceptors (Lipinski definition) is 0. The molecule has 0 N–H and O–H groups in total. The zero-order valence-electron chi connectivity index (χ0n) is 13.9. The Labute approximate surface area is 148 Å². The molecule has 0 amide bonds. The van der Waals surface area contributed by atoms with Gasteiger partial charge in [0, 0.05) is 11.9 Å². The van der Waals surface area contributed by atoms with Gasteiger partial charge in [0.25, 0.3) is 0 Å².